The average Bonchev–Trinajstić information content (AvgIpc) is 2.54. The number of rotatable bonds is 6. The minimum Gasteiger partial charge on any atom is -0.490 e. The molecule has 1 atom stereocenters. The second-order valence-electron chi connectivity index (χ2n) is 4.84. The van der Waals surface area contributed by atoms with E-state index in [9.17, 15) is 4.79 Å². The van der Waals surface area contributed by atoms with E-state index in [0.717, 1.165) is 12.0 Å². The Morgan fingerprint density at radius 1 is 1.23 bits per heavy atom. The van der Waals surface area contributed by atoms with Crippen LogP contribution in [0, 0.1) is 0 Å². The molecule has 0 heterocycles. The Morgan fingerprint density at radius 3 is 2.64 bits per heavy atom. The van der Waals surface area contributed by atoms with Crippen molar-refractivity contribution in [2.24, 2.45) is 5.73 Å². The third-order valence-corrected chi connectivity index (χ3v) is 3.41. The first-order valence-corrected chi connectivity index (χ1v) is 7.54. The third-order valence-electron chi connectivity index (χ3n) is 3.12. The lowest BCUT2D eigenvalue weighted by atomic mass is 10.1. The van der Waals surface area contributed by atoms with E-state index in [4.69, 9.17) is 22.1 Å². The molecule has 0 saturated heterocycles. The molecular formula is C17H19ClN2O2. The number of para-hydroxylation sites is 1. The Balaban J connectivity index is 2.16. The highest BCUT2D eigenvalue weighted by atomic mass is 35.5. The standard InChI is InChI=1S/C17H19ClN2O2/c1-2-11-22-16-13(18)9-6-10-14(16)20-17(21)15(19)12-7-4-3-5-8-12/h3-10,15H,2,11,19H2,1H3,(H,20,21)/t15-/m1/s1. The third kappa shape index (κ3) is 4.00. The van der Waals surface area contributed by atoms with Crippen LogP contribution in [-0.2, 0) is 4.79 Å². The molecular weight excluding hydrogens is 300 g/mol. The molecule has 2 aromatic rings. The van der Waals surface area contributed by atoms with Crippen LogP contribution in [0.5, 0.6) is 5.75 Å². The summed E-state index contributed by atoms with van der Waals surface area (Å²) in [6.45, 7) is 2.53. The molecule has 3 N–H and O–H groups in total. The molecule has 116 valence electrons. The Hall–Kier alpha value is -2.04. The van der Waals surface area contributed by atoms with Crippen molar-refractivity contribution in [2.75, 3.05) is 11.9 Å². The summed E-state index contributed by atoms with van der Waals surface area (Å²) in [6, 6.07) is 13.7. The van der Waals surface area contributed by atoms with Gasteiger partial charge in [0.1, 0.15) is 6.04 Å². The Bertz CT molecular complexity index is 632. The van der Waals surface area contributed by atoms with Crippen LogP contribution in [0.4, 0.5) is 5.69 Å². The molecule has 4 nitrogen and oxygen atoms in total. The predicted molar refractivity (Wildman–Crippen MR) is 89.2 cm³/mol. The van der Waals surface area contributed by atoms with E-state index in [0.29, 0.717) is 23.1 Å². The molecule has 2 rings (SSSR count). The first kappa shape index (κ1) is 16.3. The van der Waals surface area contributed by atoms with Gasteiger partial charge in [-0.25, -0.2) is 0 Å². The van der Waals surface area contributed by atoms with E-state index in [1.165, 1.54) is 0 Å². The minimum absolute atomic E-state index is 0.310. The van der Waals surface area contributed by atoms with Crippen LogP contribution in [0.1, 0.15) is 24.9 Å². The van der Waals surface area contributed by atoms with Crippen molar-refractivity contribution in [1.29, 1.82) is 0 Å². The van der Waals surface area contributed by atoms with Crippen molar-refractivity contribution in [1.82, 2.24) is 0 Å². The van der Waals surface area contributed by atoms with Crippen LogP contribution in [0.3, 0.4) is 0 Å². The highest BCUT2D eigenvalue weighted by Gasteiger charge is 2.18. The van der Waals surface area contributed by atoms with Gasteiger partial charge in [0.25, 0.3) is 0 Å². The average molecular weight is 319 g/mol. The zero-order valence-electron chi connectivity index (χ0n) is 12.4. The van der Waals surface area contributed by atoms with E-state index >= 15 is 0 Å². The van der Waals surface area contributed by atoms with Gasteiger partial charge in [0.2, 0.25) is 5.91 Å². The van der Waals surface area contributed by atoms with Crippen LogP contribution in [0.2, 0.25) is 5.02 Å². The number of benzene rings is 2. The zero-order valence-corrected chi connectivity index (χ0v) is 13.1. The van der Waals surface area contributed by atoms with E-state index in [-0.39, 0.29) is 5.91 Å². The molecule has 0 radical (unpaired) electrons. The normalized spacial score (nSPS) is 11.8. The van der Waals surface area contributed by atoms with Crippen molar-refractivity contribution in [3.05, 3.63) is 59.1 Å². The first-order chi connectivity index (χ1) is 10.6. The van der Waals surface area contributed by atoms with Crippen molar-refractivity contribution < 1.29 is 9.53 Å². The lowest BCUT2D eigenvalue weighted by Gasteiger charge is -2.16. The van der Waals surface area contributed by atoms with Crippen molar-refractivity contribution in [3.63, 3.8) is 0 Å². The fraction of sp³-hybridized carbons (Fsp3) is 0.235. The first-order valence-electron chi connectivity index (χ1n) is 7.16. The van der Waals surface area contributed by atoms with Crippen LogP contribution < -0.4 is 15.8 Å². The van der Waals surface area contributed by atoms with Gasteiger partial charge in [-0.15, -0.1) is 0 Å². The zero-order chi connectivity index (χ0) is 15.9. The quantitative estimate of drug-likeness (QED) is 0.852. The maximum absolute atomic E-state index is 12.3. The largest absolute Gasteiger partial charge is 0.490 e. The van der Waals surface area contributed by atoms with Crippen molar-refractivity contribution in [2.45, 2.75) is 19.4 Å². The molecule has 0 fully saturated rings. The van der Waals surface area contributed by atoms with E-state index in [2.05, 4.69) is 5.32 Å². The van der Waals surface area contributed by atoms with Crippen LogP contribution in [0.15, 0.2) is 48.5 Å². The summed E-state index contributed by atoms with van der Waals surface area (Å²) in [5.41, 5.74) is 7.26. The molecule has 0 aliphatic carbocycles. The minimum atomic E-state index is -0.751. The number of hydrogen-bond donors (Lipinski definition) is 2. The van der Waals surface area contributed by atoms with Crippen LogP contribution >= 0.6 is 11.6 Å². The molecule has 5 heteroatoms. The van der Waals surface area contributed by atoms with Gasteiger partial charge in [-0.2, -0.15) is 0 Å². The fourth-order valence-electron chi connectivity index (χ4n) is 1.98. The monoisotopic (exact) mass is 318 g/mol. The molecule has 0 spiro atoms. The number of ether oxygens (including phenoxy) is 1. The Morgan fingerprint density at radius 2 is 1.95 bits per heavy atom. The fourth-order valence-corrected chi connectivity index (χ4v) is 2.21. The Labute approximate surface area is 135 Å². The lowest BCUT2D eigenvalue weighted by Crippen LogP contribution is -2.27. The second kappa shape index (κ2) is 7.82. The summed E-state index contributed by atoms with van der Waals surface area (Å²) >= 11 is 6.14. The number of halogens is 1. The predicted octanol–water partition coefficient (Wildman–Crippen LogP) is 3.77. The molecule has 22 heavy (non-hydrogen) atoms. The van der Waals surface area contributed by atoms with E-state index < -0.39 is 6.04 Å². The van der Waals surface area contributed by atoms with E-state index in [1.807, 2.05) is 37.3 Å². The second-order valence-corrected chi connectivity index (χ2v) is 5.25. The van der Waals surface area contributed by atoms with Crippen LogP contribution in [-0.4, -0.2) is 12.5 Å². The van der Waals surface area contributed by atoms with E-state index in [1.54, 1.807) is 18.2 Å². The van der Waals surface area contributed by atoms with Crippen LogP contribution in [0.25, 0.3) is 0 Å². The number of carbonyl (C=O) groups is 1. The molecule has 0 aromatic heterocycles. The maximum atomic E-state index is 12.3. The van der Waals surface area contributed by atoms with Gasteiger partial charge < -0.3 is 15.8 Å². The number of amides is 1. The smallest absolute Gasteiger partial charge is 0.245 e. The van der Waals surface area contributed by atoms with Gasteiger partial charge in [-0.05, 0) is 24.1 Å². The lowest BCUT2D eigenvalue weighted by molar-refractivity contribution is -0.117. The van der Waals surface area contributed by atoms with Gasteiger partial charge in [0.15, 0.2) is 5.75 Å². The van der Waals surface area contributed by atoms with Gasteiger partial charge in [0.05, 0.1) is 17.3 Å². The number of anilines is 1. The van der Waals surface area contributed by atoms with Gasteiger partial charge >= 0.3 is 0 Å². The number of nitrogens with one attached hydrogen (secondary N) is 1. The van der Waals surface area contributed by atoms with Gasteiger partial charge in [0, 0.05) is 0 Å². The number of nitrogens with two attached hydrogens (primary N) is 1. The summed E-state index contributed by atoms with van der Waals surface area (Å²) in [7, 11) is 0. The summed E-state index contributed by atoms with van der Waals surface area (Å²) in [4.78, 5) is 12.3. The summed E-state index contributed by atoms with van der Waals surface area (Å²) in [5, 5.41) is 3.24. The summed E-state index contributed by atoms with van der Waals surface area (Å²) in [6.07, 6.45) is 0.849. The number of hydrogen-bond acceptors (Lipinski definition) is 3. The molecule has 0 bridgehead atoms. The molecule has 1 amide bonds. The Kier molecular flexibility index (Phi) is 5.81. The molecule has 0 aliphatic rings. The topological polar surface area (TPSA) is 64.3 Å². The molecule has 0 unspecified atom stereocenters. The van der Waals surface area contributed by atoms with Crippen molar-refractivity contribution in [3.8, 4) is 5.75 Å². The molecule has 2 aromatic carbocycles. The molecule has 0 saturated carbocycles. The van der Waals surface area contributed by atoms with Gasteiger partial charge in [-0.1, -0.05) is 54.9 Å². The number of carbonyl (C=O) groups excluding carboxylic acids is 1. The van der Waals surface area contributed by atoms with Crippen molar-refractivity contribution >= 4 is 23.2 Å². The maximum Gasteiger partial charge on any atom is 0.245 e. The highest BCUT2D eigenvalue weighted by molar-refractivity contribution is 6.32. The summed E-state index contributed by atoms with van der Waals surface area (Å²) < 4.78 is 5.62. The molecule has 0 aliphatic heterocycles. The SMILES string of the molecule is CCCOc1c(Cl)cccc1NC(=O)[C@H](N)c1ccccc1. The highest BCUT2D eigenvalue weighted by Crippen LogP contribution is 2.33. The van der Waals surface area contributed by atoms with Gasteiger partial charge in [-0.3, -0.25) is 4.79 Å². The summed E-state index contributed by atoms with van der Waals surface area (Å²) in [5.74, 6) is 0.162.